The highest BCUT2D eigenvalue weighted by molar-refractivity contribution is 6.00. The molecule has 1 unspecified atom stereocenters. The number of amides is 1. The maximum atomic E-state index is 12.7. The van der Waals surface area contributed by atoms with Crippen LogP contribution in [0.3, 0.4) is 0 Å². The average Bonchev–Trinajstić information content (AvgIpc) is 3.23. The van der Waals surface area contributed by atoms with Gasteiger partial charge >= 0.3 is 0 Å². The van der Waals surface area contributed by atoms with E-state index in [9.17, 15) is 4.79 Å². The summed E-state index contributed by atoms with van der Waals surface area (Å²) in [6.45, 7) is 1.69. The Morgan fingerprint density at radius 1 is 1.35 bits per heavy atom. The quantitative estimate of drug-likeness (QED) is 0.890. The molecule has 0 bridgehead atoms. The number of pyridine rings is 1. The molecule has 2 aliphatic heterocycles. The third-order valence-electron chi connectivity index (χ3n) is 4.74. The van der Waals surface area contributed by atoms with Gasteiger partial charge in [0.15, 0.2) is 0 Å². The van der Waals surface area contributed by atoms with Crippen LogP contribution < -0.4 is 16.0 Å². The highest BCUT2D eigenvalue weighted by Crippen LogP contribution is 2.37. The van der Waals surface area contributed by atoms with Gasteiger partial charge in [-0.1, -0.05) is 12.1 Å². The molecular formula is C18H20N4O. The molecule has 3 N–H and O–H groups in total. The lowest BCUT2D eigenvalue weighted by Gasteiger charge is -2.21. The lowest BCUT2D eigenvalue weighted by atomic mass is 9.98. The molecule has 5 nitrogen and oxygen atoms in total. The Morgan fingerprint density at radius 2 is 2.26 bits per heavy atom. The molecule has 5 heteroatoms. The summed E-state index contributed by atoms with van der Waals surface area (Å²) in [6, 6.07) is 9.98. The summed E-state index contributed by atoms with van der Waals surface area (Å²) in [4.78, 5) is 18.7. The fourth-order valence-corrected chi connectivity index (χ4v) is 3.63. The van der Waals surface area contributed by atoms with Crippen LogP contribution in [0.2, 0.25) is 0 Å². The standard InChI is InChI=1S/C18H20N4O/c19-17-11-12(6-9-21-17)13-3-1-5-16-14(13)7-10-22(16)18(23)15-4-2-8-20-15/h1,3,5-6,9,11,15,20H,2,4,7-8,10H2,(H2,19,21). The fraction of sp³-hybridized carbons (Fsp3) is 0.333. The Labute approximate surface area is 135 Å². The Morgan fingerprint density at radius 3 is 3.04 bits per heavy atom. The summed E-state index contributed by atoms with van der Waals surface area (Å²) in [6.07, 6.45) is 4.62. The summed E-state index contributed by atoms with van der Waals surface area (Å²) in [5.74, 6) is 0.717. The number of aromatic nitrogens is 1. The zero-order valence-electron chi connectivity index (χ0n) is 13.0. The number of carbonyl (C=O) groups excluding carboxylic acids is 1. The number of hydrogen-bond donors (Lipinski definition) is 2. The minimum absolute atomic E-state index is 0.0267. The van der Waals surface area contributed by atoms with Gasteiger partial charge in [-0.15, -0.1) is 0 Å². The third kappa shape index (κ3) is 2.47. The molecule has 0 spiro atoms. The van der Waals surface area contributed by atoms with Crippen molar-refractivity contribution in [1.82, 2.24) is 10.3 Å². The van der Waals surface area contributed by atoms with E-state index in [2.05, 4.69) is 16.4 Å². The van der Waals surface area contributed by atoms with Gasteiger partial charge in [0, 0.05) is 18.4 Å². The van der Waals surface area contributed by atoms with Crippen molar-refractivity contribution in [3.8, 4) is 11.1 Å². The number of anilines is 2. The molecule has 4 rings (SSSR count). The van der Waals surface area contributed by atoms with E-state index in [4.69, 9.17) is 5.73 Å². The Balaban J connectivity index is 1.70. The number of fused-ring (bicyclic) bond motifs is 1. The molecule has 0 aliphatic carbocycles. The Kier molecular flexibility index (Phi) is 3.50. The number of benzene rings is 1. The van der Waals surface area contributed by atoms with Crippen molar-refractivity contribution in [2.24, 2.45) is 0 Å². The van der Waals surface area contributed by atoms with Gasteiger partial charge < -0.3 is 16.0 Å². The molecule has 3 heterocycles. The van der Waals surface area contributed by atoms with E-state index < -0.39 is 0 Å². The van der Waals surface area contributed by atoms with Crippen LogP contribution >= 0.6 is 0 Å². The Bertz CT molecular complexity index is 752. The minimum Gasteiger partial charge on any atom is -0.384 e. The molecule has 1 atom stereocenters. The zero-order chi connectivity index (χ0) is 15.8. The number of nitrogen functional groups attached to an aromatic ring is 1. The van der Waals surface area contributed by atoms with Crippen molar-refractivity contribution in [3.05, 3.63) is 42.1 Å². The smallest absolute Gasteiger partial charge is 0.244 e. The van der Waals surface area contributed by atoms with E-state index in [1.807, 2.05) is 29.2 Å². The van der Waals surface area contributed by atoms with Crippen LogP contribution in [0, 0.1) is 0 Å². The molecule has 2 aliphatic rings. The van der Waals surface area contributed by atoms with Crippen molar-refractivity contribution in [2.75, 3.05) is 23.7 Å². The van der Waals surface area contributed by atoms with Crippen LogP contribution in [0.1, 0.15) is 18.4 Å². The maximum Gasteiger partial charge on any atom is 0.244 e. The molecule has 2 aromatic rings. The summed E-state index contributed by atoms with van der Waals surface area (Å²) in [5.41, 5.74) is 10.3. The largest absolute Gasteiger partial charge is 0.384 e. The van der Waals surface area contributed by atoms with Crippen molar-refractivity contribution >= 4 is 17.4 Å². The molecule has 23 heavy (non-hydrogen) atoms. The van der Waals surface area contributed by atoms with E-state index in [0.29, 0.717) is 5.82 Å². The molecule has 1 amide bonds. The van der Waals surface area contributed by atoms with Crippen LogP contribution in [0.4, 0.5) is 11.5 Å². The van der Waals surface area contributed by atoms with Crippen LogP contribution in [0.15, 0.2) is 36.5 Å². The van der Waals surface area contributed by atoms with Crippen molar-refractivity contribution in [2.45, 2.75) is 25.3 Å². The third-order valence-corrected chi connectivity index (χ3v) is 4.74. The normalized spacial score (nSPS) is 19.8. The molecule has 1 aromatic heterocycles. The van der Waals surface area contributed by atoms with E-state index in [0.717, 1.165) is 49.2 Å². The van der Waals surface area contributed by atoms with Gasteiger partial charge in [0.2, 0.25) is 5.91 Å². The van der Waals surface area contributed by atoms with Gasteiger partial charge in [-0.3, -0.25) is 4.79 Å². The van der Waals surface area contributed by atoms with Crippen LogP contribution in [0.25, 0.3) is 11.1 Å². The van der Waals surface area contributed by atoms with Crippen molar-refractivity contribution in [1.29, 1.82) is 0 Å². The van der Waals surface area contributed by atoms with Crippen molar-refractivity contribution < 1.29 is 4.79 Å². The lowest BCUT2D eigenvalue weighted by Crippen LogP contribution is -2.42. The second-order valence-corrected chi connectivity index (χ2v) is 6.16. The summed E-state index contributed by atoms with van der Waals surface area (Å²) in [5, 5.41) is 3.30. The number of nitrogens with one attached hydrogen (secondary N) is 1. The monoisotopic (exact) mass is 308 g/mol. The summed E-state index contributed by atoms with van der Waals surface area (Å²) < 4.78 is 0. The van der Waals surface area contributed by atoms with E-state index in [1.54, 1.807) is 6.20 Å². The predicted octanol–water partition coefficient (Wildman–Crippen LogP) is 1.97. The second kappa shape index (κ2) is 5.66. The van der Waals surface area contributed by atoms with Gasteiger partial charge in [-0.2, -0.15) is 0 Å². The number of nitrogens with zero attached hydrogens (tertiary/aromatic N) is 2. The second-order valence-electron chi connectivity index (χ2n) is 6.16. The first-order chi connectivity index (χ1) is 11.2. The molecular weight excluding hydrogens is 288 g/mol. The minimum atomic E-state index is -0.0267. The average molecular weight is 308 g/mol. The highest BCUT2D eigenvalue weighted by Gasteiger charge is 2.32. The highest BCUT2D eigenvalue weighted by atomic mass is 16.2. The van der Waals surface area contributed by atoms with Gasteiger partial charge in [0.1, 0.15) is 5.82 Å². The number of rotatable bonds is 2. The fourth-order valence-electron chi connectivity index (χ4n) is 3.63. The van der Waals surface area contributed by atoms with E-state index in [-0.39, 0.29) is 11.9 Å². The zero-order valence-corrected chi connectivity index (χ0v) is 13.0. The topological polar surface area (TPSA) is 71.2 Å². The summed E-state index contributed by atoms with van der Waals surface area (Å²) >= 11 is 0. The first-order valence-corrected chi connectivity index (χ1v) is 8.12. The van der Waals surface area contributed by atoms with Gasteiger partial charge in [-0.05, 0) is 60.7 Å². The maximum absolute atomic E-state index is 12.7. The van der Waals surface area contributed by atoms with Crippen LogP contribution in [0.5, 0.6) is 0 Å². The van der Waals surface area contributed by atoms with Gasteiger partial charge in [0.05, 0.1) is 6.04 Å². The molecule has 118 valence electrons. The summed E-state index contributed by atoms with van der Waals surface area (Å²) in [7, 11) is 0. The number of hydrogen-bond acceptors (Lipinski definition) is 4. The van der Waals surface area contributed by atoms with E-state index >= 15 is 0 Å². The van der Waals surface area contributed by atoms with Gasteiger partial charge in [-0.25, -0.2) is 4.98 Å². The molecule has 1 aromatic carbocycles. The Hall–Kier alpha value is -2.40. The van der Waals surface area contributed by atoms with Crippen LogP contribution in [-0.2, 0) is 11.2 Å². The van der Waals surface area contributed by atoms with Gasteiger partial charge in [0.25, 0.3) is 0 Å². The number of carbonyl (C=O) groups is 1. The predicted molar refractivity (Wildman–Crippen MR) is 91.2 cm³/mol. The van der Waals surface area contributed by atoms with Crippen molar-refractivity contribution in [3.63, 3.8) is 0 Å². The first kappa shape index (κ1) is 14.2. The molecule has 0 radical (unpaired) electrons. The lowest BCUT2D eigenvalue weighted by molar-refractivity contribution is -0.120. The molecule has 0 saturated carbocycles. The van der Waals surface area contributed by atoms with E-state index in [1.165, 1.54) is 5.56 Å². The SMILES string of the molecule is Nc1cc(-c2cccc3c2CCN3C(=O)C2CCCN2)ccn1. The first-order valence-electron chi connectivity index (χ1n) is 8.12. The van der Waals surface area contributed by atoms with Crippen LogP contribution in [-0.4, -0.2) is 30.0 Å². The molecule has 1 fully saturated rings. The number of nitrogens with two attached hydrogens (primary N) is 1. The molecule has 1 saturated heterocycles.